The lowest BCUT2D eigenvalue weighted by Gasteiger charge is -2.17. The van der Waals surface area contributed by atoms with Crippen molar-refractivity contribution in [2.24, 2.45) is 0 Å². The molecule has 0 fully saturated rings. The predicted octanol–water partition coefficient (Wildman–Crippen LogP) is 3.06. The quantitative estimate of drug-likeness (QED) is 0.659. The largest absolute Gasteiger partial charge is 0.494 e. The Kier molecular flexibility index (Phi) is 7.33. The summed E-state index contributed by atoms with van der Waals surface area (Å²) in [6.07, 6.45) is 1.12. The van der Waals surface area contributed by atoms with Crippen molar-refractivity contribution in [1.82, 2.24) is 4.90 Å². The van der Waals surface area contributed by atoms with Gasteiger partial charge in [-0.2, -0.15) is 5.26 Å². The molecule has 0 saturated carbocycles. The Hall–Kier alpha value is -3.00. The zero-order chi connectivity index (χ0) is 17.9. The van der Waals surface area contributed by atoms with Gasteiger partial charge in [0.2, 0.25) is 0 Å². The maximum Gasteiger partial charge on any atom is 0.260 e. The van der Waals surface area contributed by atoms with Crippen LogP contribution >= 0.6 is 0 Å². The third-order valence-corrected chi connectivity index (χ3v) is 3.64. The van der Waals surface area contributed by atoms with Gasteiger partial charge in [0.05, 0.1) is 19.1 Å². The molecule has 2 rings (SSSR count). The minimum Gasteiger partial charge on any atom is -0.494 e. The molecule has 0 N–H and O–H groups in total. The van der Waals surface area contributed by atoms with Gasteiger partial charge in [0.1, 0.15) is 11.5 Å². The van der Waals surface area contributed by atoms with Crippen molar-refractivity contribution >= 4 is 5.91 Å². The molecule has 130 valence electrons. The fourth-order valence-corrected chi connectivity index (χ4v) is 2.18. The summed E-state index contributed by atoms with van der Waals surface area (Å²) >= 11 is 0. The molecule has 0 aliphatic carbocycles. The van der Waals surface area contributed by atoms with Crippen molar-refractivity contribution in [2.75, 3.05) is 26.8 Å². The van der Waals surface area contributed by atoms with Gasteiger partial charge in [-0.15, -0.1) is 0 Å². The van der Waals surface area contributed by atoms with E-state index < -0.39 is 0 Å². The third-order valence-electron chi connectivity index (χ3n) is 3.64. The van der Waals surface area contributed by atoms with E-state index >= 15 is 0 Å². The molecular weight excluding hydrogens is 316 g/mol. The van der Waals surface area contributed by atoms with Crippen LogP contribution in [0.15, 0.2) is 54.6 Å². The van der Waals surface area contributed by atoms with Crippen LogP contribution in [0.2, 0.25) is 0 Å². The monoisotopic (exact) mass is 338 g/mol. The van der Waals surface area contributed by atoms with E-state index in [1.54, 1.807) is 24.1 Å². The van der Waals surface area contributed by atoms with Crippen molar-refractivity contribution in [2.45, 2.75) is 12.8 Å². The maximum absolute atomic E-state index is 12.1. The van der Waals surface area contributed by atoms with Gasteiger partial charge in [0.25, 0.3) is 5.91 Å². The minimum atomic E-state index is -0.0826. The molecule has 2 aromatic rings. The van der Waals surface area contributed by atoms with Crippen molar-refractivity contribution in [1.29, 1.82) is 5.26 Å². The summed E-state index contributed by atoms with van der Waals surface area (Å²) in [5.41, 5.74) is 0.928. The maximum atomic E-state index is 12.1. The Morgan fingerprint density at radius 1 is 1.04 bits per heavy atom. The molecule has 0 aliphatic rings. The smallest absolute Gasteiger partial charge is 0.260 e. The number of rotatable bonds is 9. The number of hydrogen-bond donors (Lipinski definition) is 0. The second kappa shape index (κ2) is 9.99. The van der Waals surface area contributed by atoms with E-state index in [4.69, 9.17) is 14.7 Å². The molecule has 0 radical (unpaired) electrons. The molecule has 0 heterocycles. The zero-order valence-electron chi connectivity index (χ0n) is 14.4. The zero-order valence-corrected chi connectivity index (χ0v) is 14.4. The van der Waals surface area contributed by atoms with Crippen molar-refractivity contribution in [3.8, 4) is 17.6 Å². The molecule has 5 nitrogen and oxygen atoms in total. The van der Waals surface area contributed by atoms with Gasteiger partial charge in [-0.05, 0) is 36.2 Å². The second-order valence-electron chi connectivity index (χ2n) is 5.60. The first-order valence-corrected chi connectivity index (χ1v) is 8.19. The summed E-state index contributed by atoms with van der Waals surface area (Å²) in [6.45, 7) is 1.16. The fraction of sp³-hybridized carbons (Fsp3) is 0.300. The minimum absolute atomic E-state index is 0.00631. The Morgan fingerprint density at radius 3 is 2.40 bits per heavy atom. The van der Waals surface area contributed by atoms with Crippen LogP contribution in [0.5, 0.6) is 11.5 Å². The molecule has 0 unspecified atom stereocenters. The number of likely N-dealkylation sites (N-methyl/N-ethyl adjacent to an activating group) is 1. The molecule has 0 atom stereocenters. The standard InChI is InChI=1S/C20H22N2O3/c1-22(14-5-15-24-18-6-3-2-4-7-18)20(23)16-25-19-10-8-17(9-11-19)12-13-21/h2-4,6-11H,5,12,14-16H2,1H3. The summed E-state index contributed by atoms with van der Waals surface area (Å²) in [5, 5.41) is 8.64. The number of para-hydroxylation sites is 1. The topological polar surface area (TPSA) is 62.6 Å². The SMILES string of the molecule is CN(CCCOc1ccccc1)C(=O)COc1ccc(CC#N)cc1. The summed E-state index contributed by atoms with van der Waals surface area (Å²) in [6, 6.07) is 18.9. The Balaban J connectivity index is 1.65. The van der Waals surface area contributed by atoms with E-state index in [-0.39, 0.29) is 12.5 Å². The molecule has 25 heavy (non-hydrogen) atoms. The number of hydrogen-bond acceptors (Lipinski definition) is 4. The molecular formula is C20H22N2O3. The number of ether oxygens (including phenoxy) is 2. The van der Waals surface area contributed by atoms with E-state index in [0.717, 1.165) is 17.7 Å². The van der Waals surface area contributed by atoms with Gasteiger partial charge in [0.15, 0.2) is 6.61 Å². The average Bonchev–Trinajstić information content (AvgIpc) is 2.65. The first-order valence-electron chi connectivity index (χ1n) is 8.19. The van der Waals surface area contributed by atoms with Crippen LogP contribution in [0, 0.1) is 11.3 Å². The number of carbonyl (C=O) groups excluding carboxylic acids is 1. The Morgan fingerprint density at radius 2 is 1.72 bits per heavy atom. The summed E-state index contributed by atoms with van der Waals surface area (Å²) in [4.78, 5) is 13.7. The third kappa shape index (κ3) is 6.56. The van der Waals surface area contributed by atoms with Crippen LogP contribution in [-0.4, -0.2) is 37.6 Å². The Bertz CT molecular complexity index is 693. The average molecular weight is 338 g/mol. The Labute approximate surface area is 148 Å². The van der Waals surface area contributed by atoms with Gasteiger partial charge in [-0.1, -0.05) is 30.3 Å². The second-order valence-corrected chi connectivity index (χ2v) is 5.60. The number of nitrogens with zero attached hydrogens (tertiary/aromatic N) is 2. The van der Waals surface area contributed by atoms with Gasteiger partial charge >= 0.3 is 0 Å². The molecule has 1 amide bonds. The van der Waals surface area contributed by atoms with E-state index in [1.165, 1.54) is 0 Å². The number of nitriles is 1. The molecule has 0 spiro atoms. The molecule has 0 saturated heterocycles. The van der Waals surface area contributed by atoms with Crippen LogP contribution in [0.4, 0.5) is 0 Å². The van der Waals surface area contributed by atoms with Gasteiger partial charge in [-0.3, -0.25) is 4.79 Å². The highest BCUT2D eigenvalue weighted by molar-refractivity contribution is 5.77. The van der Waals surface area contributed by atoms with Gasteiger partial charge < -0.3 is 14.4 Å². The summed E-state index contributed by atoms with van der Waals surface area (Å²) in [7, 11) is 1.75. The van der Waals surface area contributed by atoms with E-state index in [9.17, 15) is 4.79 Å². The van der Waals surface area contributed by atoms with Gasteiger partial charge in [0, 0.05) is 13.6 Å². The first kappa shape index (κ1) is 18.3. The van der Waals surface area contributed by atoms with Crippen LogP contribution in [0.1, 0.15) is 12.0 Å². The molecule has 2 aromatic carbocycles. The summed E-state index contributed by atoms with van der Waals surface area (Å²) < 4.78 is 11.1. The molecule has 0 aliphatic heterocycles. The van der Waals surface area contributed by atoms with Crippen molar-refractivity contribution in [3.05, 3.63) is 60.2 Å². The van der Waals surface area contributed by atoms with E-state index in [1.807, 2.05) is 42.5 Å². The van der Waals surface area contributed by atoms with Crippen LogP contribution in [-0.2, 0) is 11.2 Å². The van der Waals surface area contributed by atoms with E-state index in [0.29, 0.717) is 25.3 Å². The lowest BCUT2D eigenvalue weighted by molar-refractivity contribution is -0.132. The lowest BCUT2D eigenvalue weighted by Crippen LogP contribution is -2.32. The normalized spacial score (nSPS) is 9.92. The fourth-order valence-electron chi connectivity index (χ4n) is 2.18. The van der Waals surface area contributed by atoms with Crippen LogP contribution in [0.25, 0.3) is 0 Å². The van der Waals surface area contributed by atoms with Crippen LogP contribution in [0.3, 0.4) is 0 Å². The molecule has 5 heteroatoms. The first-order chi connectivity index (χ1) is 12.2. The summed E-state index contributed by atoms with van der Waals surface area (Å²) in [5.74, 6) is 1.37. The highest BCUT2D eigenvalue weighted by Crippen LogP contribution is 2.12. The highest BCUT2D eigenvalue weighted by Gasteiger charge is 2.09. The number of amides is 1. The highest BCUT2D eigenvalue weighted by atomic mass is 16.5. The van der Waals surface area contributed by atoms with Crippen LogP contribution < -0.4 is 9.47 Å². The van der Waals surface area contributed by atoms with E-state index in [2.05, 4.69) is 6.07 Å². The molecule has 0 bridgehead atoms. The molecule has 0 aromatic heterocycles. The van der Waals surface area contributed by atoms with Crippen molar-refractivity contribution in [3.63, 3.8) is 0 Å². The van der Waals surface area contributed by atoms with Gasteiger partial charge in [-0.25, -0.2) is 0 Å². The number of carbonyl (C=O) groups is 1. The van der Waals surface area contributed by atoms with Crippen molar-refractivity contribution < 1.29 is 14.3 Å². The lowest BCUT2D eigenvalue weighted by atomic mass is 10.2. The predicted molar refractivity (Wildman–Crippen MR) is 95.4 cm³/mol. The number of benzene rings is 2.